The first kappa shape index (κ1) is 42.6. The Bertz CT molecular complexity index is 1800. The number of fused-ring (bicyclic) bond motifs is 3. The smallest absolute Gasteiger partial charge is 0.407 e. The minimum atomic E-state index is -1.03. The molecule has 0 bridgehead atoms. The van der Waals surface area contributed by atoms with E-state index in [1.165, 1.54) is 12.1 Å². The number of rotatable bonds is 19. The fourth-order valence-corrected chi connectivity index (χ4v) is 6.22. The average molecular weight is 773 g/mol. The standard InChI is InChI=1S/C40H52N8O8/c1-40(2,3)56-36(51)25-16-18-26(19-17-25)47-35(50)33(15-9-21-45-38(42)53)48-34(49)32(14-8-20-44-37(41)52)43-22-23-46-39(54)55-24-31-29-12-6-4-10-27(29)28-11-5-7-13-30(28)31/h4-7,10-13,16-19,31-33,43H,8-9,14-15,20-24H2,1-3H3,(H,46,54)(H,47,50)(H,48,49)(H3,41,44,52)(H3,42,45,53)/t32-,33-/m0/s1. The first-order chi connectivity index (χ1) is 26.7. The van der Waals surface area contributed by atoms with Gasteiger partial charge in [-0.1, -0.05) is 48.5 Å². The minimum Gasteiger partial charge on any atom is -0.456 e. The SMILES string of the molecule is CC(C)(C)OC(=O)c1ccc(NC(=O)[C@H](CCCNC(N)=O)NC(=O)[C@H](CCCNC(N)=O)NCCNC(=O)OCC2c3ccccc3-c3ccccc32)cc1. The van der Waals surface area contributed by atoms with Crippen molar-refractivity contribution < 1.29 is 38.2 Å². The maximum Gasteiger partial charge on any atom is 0.407 e. The van der Waals surface area contributed by atoms with E-state index in [0.717, 1.165) is 22.3 Å². The number of primary amides is 2. The van der Waals surface area contributed by atoms with Crippen LogP contribution in [0.25, 0.3) is 11.1 Å². The zero-order valence-electron chi connectivity index (χ0n) is 31.9. The Morgan fingerprint density at radius 2 is 1.23 bits per heavy atom. The van der Waals surface area contributed by atoms with Gasteiger partial charge in [-0.3, -0.25) is 9.59 Å². The van der Waals surface area contributed by atoms with E-state index >= 15 is 0 Å². The lowest BCUT2D eigenvalue weighted by Gasteiger charge is -2.24. The van der Waals surface area contributed by atoms with Crippen molar-refractivity contribution in [3.8, 4) is 11.1 Å². The van der Waals surface area contributed by atoms with E-state index < -0.39 is 53.6 Å². The van der Waals surface area contributed by atoms with E-state index in [0.29, 0.717) is 24.1 Å². The van der Waals surface area contributed by atoms with Crippen LogP contribution in [0.4, 0.5) is 20.1 Å². The minimum absolute atomic E-state index is 0.0957. The number of benzene rings is 3. The molecule has 16 nitrogen and oxygen atoms in total. The lowest BCUT2D eigenvalue weighted by Crippen LogP contribution is -2.52. The highest BCUT2D eigenvalue weighted by Gasteiger charge is 2.29. The molecule has 3 aromatic rings. The fraction of sp³-hybridized carbons (Fsp3) is 0.400. The Kier molecular flexibility index (Phi) is 15.6. The summed E-state index contributed by atoms with van der Waals surface area (Å²) in [6, 6.07) is 18.9. The van der Waals surface area contributed by atoms with Crippen LogP contribution in [-0.4, -0.2) is 86.4 Å². The Balaban J connectivity index is 1.34. The van der Waals surface area contributed by atoms with E-state index in [1.807, 2.05) is 36.4 Å². The maximum atomic E-state index is 13.7. The molecule has 1 aliphatic rings. The molecule has 16 heteroatoms. The fourth-order valence-electron chi connectivity index (χ4n) is 6.22. The van der Waals surface area contributed by atoms with E-state index in [4.69, 9.17) is 20.9 Å². The van der Waals surface area contributed by atoms with E-state index in [9.17, 15) is 28.8 Å². The molecule has 0 heterocycles. The molecule has 1 aliphatic carbocycles. The predicted octanol–water partition coefficient (Wildman–Crippen LogP) is 3.46. The molecule has 0 saturated carbocycles. The van der Waals surface area contributed by atoms with Gasteiger partial charge in [-0.15, -0.1) is 0 Å². The Morgan fingerprint density at radius 1 is 0.679 bits per heavy atom. The number of ether oxygens (including phenoxy) is 2. The number of carbonyl (C=O) groups excluding carboxylic acids is 6. The van der Waals surface area contributed by atoms with Crippen molar-refractivity contribution >= 4 is 41.6 Å². The van der Waals surface area contributed by atoms with Gasteiger partial charge in [-0.25, -0.2) is 19.2 Å². The molecule has 56 heavy (non-hydrogen) atoms. The van der Waals surface area contributed by atoms with Gasteiger partial charge in [-0.2, -0.15) is 0 Å². The molecule has 7 amide bonds. The zero-order chi connectivity index (χ0) is 40.7. The number of carbonyl (C=O) groups is 6. The normalized spacial score (nSPS) is 12.9. The Hall–Kier alpha value is -6.16. The van der Waals surface area contributed by atoms with Crippen LogP contribution < -0.4 is 43.4 Å². The van der Waals surface area contributed by atoms with Crippen molar-refractivity contribution in [3.63, 3.8) is 0 Å². The number of hydrogen-bond acceptors (Lipinski definition) is 9. The number of hydrogen-bond donors (Lipinski definition) is 8. The molecule has 0 saturated heterocycles. The molecule has 0 aliphatic heterocycles. The van der Waals surface area contributed by atoms with Gasteiger partial charge in [0.1, 0.15) is 18.2 Å². The van der Waals surface area contributed by atoms with Crippen molar-refractivity contribution in [1.82, 2.24) is 26.6 Å². The van der Waals surface area contributed by atoms with Gasteiger partial charge in [0.25, 0.3) is 0 Å². The molecule has 0 spiro atoms. The maximum absolute atomic E-state index is 13.7. The first-order valence-electron chi connectivity index (χ1n) is 18.6. The molecule has 10 N–H and O–H groups in total. The van der Waals surface area contributed by atoms with Crippen molar-refractivity contribution in [1.29, 1.82) is 0 Å². The largest absolute Gasteiger partial charge is 0.456 e. The lowest BCUT2D eigenvalue weighted by atomic mass is 9.98. The van der Waals surface area contributed by atoms with Crippen LogP contribution in [-0.2, 0) is 19.1 Å². The average Bonchev–Trinajstić information content (AvgIpc) is 3.47. The number of nitrogens with two attached hydrogens (primary N) is 2. The van der Waals surface area contributed by atoms with Crippen molar-refractivity contribution in [2.45, 2.75) is 70.1 Å². The number of esters is 1. The molecule has 3 aromatic carbocycles. The second kappa shape index (κ2) is 20.5. The molecule has 0 aromatic heterocycles. The lowest BCUT2D eigenvalue weighted by molar-refractivity contribution is -0.128. The second-order valence-corrected chi connectivity index (χ2v) is 14.3. The van der Waals surface area contributed by atoms with Crippen LogP contribution in [0.3, 0.4) is 0 Å². The molecular formula is C40H52N8O8. The van der Waals surface area contributed by atoms with Gasteiger partial charge in [0.2, 0.25) is 11.8 Å². The van der Waals surface area contributed by atoms with Crippen LogP contribution in [0.2, 0.25) is 0 Å². The summed E-state index contributed by atoms with van der Waals surface area (Å²) in [5.41, 5.74) is 14.8. The Labute approximate surface area is 326 Å². The van der Waals surface area contributed by atoms with Gasteiger partial charge in [0, 0.05) is 37.8 Å². The van der Waals surface area contributed by atoms with Gasteiger partial charge < -0.3 is 52.8 Å². The van der Waals surface area contributed by atoms with Crippen molar-refractivity contribution in [3.05, 3.63) is 89.5 Å². The zero-order valence-corrected chi connectivity index (χ0v) is 31.9. The molecular weight excluding hydrogens is 720 g/mol. The van der Waals surface area contributed by atoms with Crippen LogP contribution in [0.15, 0.2) is 72.8 Å². The summed E-state index contributed by atoms with van der Waals surface area (Å²) in [5.74, 6) is -1.65. The number of anilines is 1. The molecule has 2 atom stereocenters. The Morgan fingerprint density at radius 3 is 1.79 bits per heavy atom. The van der Waals surface area contributed by atoms with E-state index in [-0.39, 0.29) is 51.5 Å². The third-order valence-electron chi connectivity index (χ3n) is 8.80. The summed E-state index contributed by atoms with van der Waals surface area (Å²) < 4.78 is 11.0. The number of urea groups is 2. The van der Waals surface area contributed by atoms with Crippen LogP contribution in [0.5, 0.6) is 0 Å². The summed E-state index contributed by atoms with van der Waals surface area (Å²) in [6.07, 6.45) is 0.468. The van der Waals surface area contributed by atoms with Gasteiger partial charge >= 0.3 is 24.1 Å². The number of nitrogens with one attached hydrogen (secondary N) is 6. The van der Waals surface area contributed by atoms with Crippen LogP contribution in [0.1, 0.15) is 73.9 Å². The summed E-state index contributed by atoms with van der Waals surface area (Å²) >= 11 is 0. The molecule has 4 rings (SSSR count). The van der Waals surface area contributed by atoms with E-state index in [2.05, 4.69) is 44.0 Å². The van der Waals surface area contributed by atoms with Crippen molar-refractivity contribution in [2.24, 2.45) is 11.5 Å². The summed E-state index contributed by atoms with van der Waals surface area (Å²) in [6.45, 7) is 6.11. The third kappa shape index (κ3) is 13.3. The highest BCUT2D eigenvalue weighted by atomic mass is 16.6. The highest BCUT2D eigenvalue weighted by Crippen LogP contribution is 2.44. The second-order valence-electron chi connectivity index (χ2n) is 14.3. The van der Waals surface area contributed by atoms with Gasteiger partial charge in [-0.05, 0) is 93.0 Å². The summed E-state index contributed by atoms with van der Waals surface area (Å²) in [5, 5.41) is 16.3. The highest BCUT2D eigenvalue weighted by molar-refractivity contribution is 5.98. The molecule has 0 radical (unpaired) electrons. The molecule has 0 unspecified atom stereocenters. The number of alkyl carbamates (subject to hydrolysis) is 1. The van der Waals surface area contributed by atoms with Gasteiger partial charge in [0.05, 0.1) is 11.6 Å². The third-order valence-corrected chi connectivity index (χ3v) is 8.80. The topological polar surface area (TPSA) is 245 Å². The van der Waals surface area contributed by atoms with Crippen molar-refractivity contribution in [2.75, 3.05) is 38.1 Å². The number of amides is 7. The van der Waals surface area contributed by atoms with Gasteiger partial charge in [0.15, 0.2) is 0 Å². The monoisotopic (exact) mass is 772 g/mol. The van der Waals surface area contributed by atoms with Crippen LogP contribution in [0, 0.1) is 0 Å². The summed E-state index contributed by atoms with van der Waals surface area (Å²) in [4.78, 5) is 74.8. The molecule has 300 valence electrons. The predicted molar refractivity (Wildman–Crippen MR) is 211 cm³/mol. The van der Waals surface area contributed by atoms with E-state index in [1.54, 1.807) is 32.9 Å². The molecule has 0 fully saturated rings. The van der Waals surface area contributed by atoms with Crippen LogP contribution >= 0.6 is 0 Å². The quantitative estimate of drug-likeness (QED) is 0.0656. The summed E-state index contributed by atoms with van der Waals surface area (Å²) in [7, 11) is 0. The first-order valence-corrected chi connectivity index (χ1v) is 18.6.